The lowest BCUT2D eigenvalue weighted by Gasteiger charge is -2.04. The molecule has 0 aliphatic heterocycles. The van der Waals surface area contributed by atoms with Crippen molar-refractivity contribution in [2.24, 2.45) is 7.05 Å². The molecule has 0 amide bonds. The van der Waals surface area contributed by atoms with Gasteiger partial charge in [0.15, 0.2) is 0 Å². The van der Waals surface area contributed by atoms with Gasteiger partial charge in [0, 0.05) is 35.2 Å². The average molecular weight is 343 g/mol. The van der Waals surface area contributed by atoms with Gasteiger partial charge in [-0.1, -0.05) is 18.2 Å². The third kappa shape index (κ3) is 2.80. The predicted octanol–water partition coefficient (Wildman–Crippen LogP) is 3.58. The van der Waals surface area contributed by atoms with Crippen LogP contribution in [0.3, 0.4) is 0 Å². The van der Waals surface area contributed by atoms with E-state index in [9.17, 15) is 10.2 Å². The highest BCUT2D eigenvalue weighted by atomic mass is 16.3. The van der Waals surface area contributed by atoms with Crippen molar-refractivity contribution in [1.29, 1.82) is 0 Å². The van der Waals surface area contributed by atoms with E-state index in [2.05, 4.69) is 27.8 Å². The fraction of sp³-hybridized carbons (Fsp3) is 0.0909. The highest BCUT2D eigenvalue weighted by Crippen LogP contribution is 2.25. The quantitative estimate of drug-likeness (QED) is 0.559. The van der Waals surface area contributed by atoms with Crippen LogP contribution in [0.5, 0.6) is 5.75 Å². The van der Waals surface area contributed by atoms with Gasteiger partial charge in [0.05, 0.1) is 6.61 Å². The molecule has 2 aromatic carbocycles. The molecule has 0 fully saturated rings. The normalized spacial score (nSPS) is 11.6. The van der Waals surface area contributed by atoms with Crippen molar-refractivity contribution >= 4 is 34.0 Å². The molecule has 0 bridgehead atoms. The molecule has 4 rings (SSSR count). The molecule has 26 heavy (non-hydrogen) atoms. The van der Waals surface area contributed by atoms with Crippen LogP contribution in [0.1, 0.15) is 16.8 Å². The number of phenols is 1. The lowest BCUT2D eigenvalue weighted by Crippen LogP contribution is -2.32. The van der Waals surface area contributed by atoms with Crippen LogP contribution < -0.4 is 4.57 Å². The molecule has 4 aromatic rings. The molecule has 0 saturated heterocycles. The summed E-state index contributed by atoms with van der Waals surface area (Å²) in [5.74, 6) is 0.189. The molecule has 0 spiro atoms. The third-order valence-electron chi connectivity index (χ3n) is 4.67. The molecular formula is C22H19N2O2+. The molecule has 0 aliphatic rings. The first kappa shape index (κ1) is 16.2. The molecule has 4 heteroatoms. The van der Waals surface area contributed by atoms with Crippen LogP contribution in [-0.4, -0.2) is 15.2 Å². The minimum absolute atomic E-state index is 0.0449. The number of phenolic OH excluding ortho intramolecular Hbond substituents is 1. The molecule has 4 nitrogen and oxygen atoms in total. The monoisotopic (exact) mass is 343 g/mol. The summed E-state index contributed by atoms with van der Waals surface area (Å²) in [6, 6.07) is 17.4. The summed E-state index contributed by atoms with van der Waals surface area (Å²) in [7, 11) is 2.02. The maximum atomic E-state index is 9.98. The number of hydrogen-bond acceptors (Lipinski definition) is 3. The van der Waals surface area contributed by atoms with Gasteiger partial charge in [0.2, 0.25) is 11.2 Å². The van der Waals surface area contributed by atoms with E-state index in [1.807, 2.05) is 49.5 Å². The van der Waals surface area contributed by atoms with E-state index in [0.717, 1.165) is 33.1 Å². The second-order valence-electron chi connectivity index (χ2n) is 6.28. The highest BCUT2D eigenvalue weighted by Gasteiger charge is 2.10. The van der Waals surface area contributed by atoms with Crippen LogP contribution in [-0.2, 0) is 13.7 Å². The number of aromatic hydroxyl groups is 1. The zero-order chi connectivity index (χ0) is 18.1. The highest BCUT2D eigenvalue weighted by molar-refractivity contribution is 5.93. The Kier molecular flexibility index (Phi) is 4.11. The van der Waals surface area contributed by atoms with Crippen LogP contribution in [0.4, 0.5) is 0 Å². The van der Waals surface area contributed by atoms with Crippen molar-refractivity contribution in [2.45, 2.75) is 6.61 Å². The van der Waals surface area contributed by atoms with Crippen molar-refractivity contribution < 1.29 is 14.8 Å². The van der Waals surface area contributed by atoms with Gasteiger partial charge >= 0.3 is 0 Å². The summed E-state index contributed by atoms with van der Waals surface area (Å²) in [4.78, 5) is 4.26. The van der Waals surface area contributed by atoms with E-state index < -0.39 is 0 Å². The van der Waals surface area contributed by atoms with Crippen molar-refractivity contribution in [1.82, 2.24) is 4.98 Å². The minimum atomic E-state index is 0.0449. The first-order chi connectivity index (χ1) is 12.7. The van der Waals surface area contributed by atoms with E-state index in [4.69, 9.17) is 0 Å². The minimum Gasteiger partial charge on any atom is -0.506 e. The number of fused-ring (bicyclic) bond motifs is 2. The molecule has 128 valence electrons. The van der Waals surface area contributed by atoms with Gasteiger partial charge < -0.3 is 10.2 Å². The van der Waals surface area contributed by atoms with Gasteiger partial charge in [0.25, 0.3) is 0 Å². The average Bonchev–Trinajstić information content (AvgIpc) is 2.67. The largest absolute Gasteiger partial charge is 0.506 e. The standard InChI is InChI=1S/C22H18N2O2/c1-24-18(9-7-17-13-15(14-25)5-10-20(17)24)8-6-16-11-12-23-22-19(16)3-2-4-21(22)26/h2-13,25H,14H2,1H3/p+1. The number of hydrogen-bond donors (Lipinski definition) is 2. The van der Waals surface area contributed by atoms with Gasteiger partial charge in [0.1, 0.15) is 18.3 Å². The zero-order valence-electron chi connectivity index (χ0n) is 14.4. The van der Waals surface area contributed by atoms with Gasteiger partial charge in [-0.3, -0.25) is 4.98 Å². The smallest absolute Gasteiger partial charge is 0.212 e. The number of para-hydroxylation sites is 1. The van der Waals surface area contributed by atoms with Crippen LogP contribution in [0.25, 0.3) is 34.0 Å². The topological polar surface area (TPSA) is 57.2 Å². The van der Waals surface area contributed by atoms with Gasteiger partial charge in [-0.05, 0) is 41.5 Å². The molecular weight excluding hydrogens is 324 g/mol. The number of aliphatic hydroxyl groups excluding tert-OH is 1. The number of aromatic nitrogens is 2. The number of benzene rings is 2. The van der Waals surface area contributed by atoms with Crippen LogP contribution in [0.15, 0.2) is 60.8 Å². The molecule has 0 atom stereocenters. The Morgan fingerprint density at radius 3 is 2.77 bits per heavy atom. The van der Waals surface area contributed by atoms with Gasteiger partial charge in [-0.25, -0.2) is 0 Å². The van der Waals surface area contributed by atoms with E-state index in [1.54, 1.807) is 12.3 Å². The molecule has 0 radical (unpaired) electrons. The number of nitrogens with zero attached hydrogens (tertiary/aromatic N) is 2. The Morgan fingerprint density at radius 2 is 1.92 bits per heavy atom. The first-order valence-corrected chi connectivity index (χ1v) is 8.45. The molecule has 0 unspecified atom stereocenters. The lowest BCUT2D eigenvalue weighted by atomic mass is 10.1. The fourth-order valence-corrected chi connectivity index (χ4v) is 3.24. The van der Waals surface area contributed by atoms with Crippen LogP contribution >= 0.6 is 0 Å². The first-order valence-electron chi connectivity index (χ1n) is 8.45. The number of rotatable bonds is 3. The number of pyridine rings is 2. The van der Waals surface area contributed by atoms with E-state index in [0.29, 0.717) is 5.52 Å². The summed E-state index contributed by atoms with van der Waals surface area (Å²) >= 11 is 0. The Morgan fingerprint density at radius 1 is 1.04 bits per heavy atom. The number of aliphatic hydroxyl groups is 1. The molecule has 0 aliphatic carbocycles. The number of aryl methyl sites for hydroxylation is 1. The Bertz CT molecular complexity index is 1150. The van der Waals surface area contributed by atoms with E-state index in [1.165, 1.54) is 0 Å². The molecule has 2 aromatic heterocycles. The fourth-order valence-electron chi connectivity index (χ4n) is 3.24. The maximum absolute atomic E-state index is 9.98. The Balaban J connectivity index is 1.78. The van der Waals surface area contributed by atoms with E-state index >= 15 is 0 Å². The third-order valence-corrected chi connectivity index (χ3v) is 4.67. The zero-order valence-corrected chi connectivity index (χ0v) is 14.4. The lowest BCUT2D eigenvalue weighted by molar-refractivity contribution is -0.646. The SMILES string of the molecule is C[n+]1c(C=Cc2ccnc3c(O)cccc23)ccc2cc(CO)ccc21. The van der Waals surface area contributed by atoms with Crippen molar-refractivity contribution in [3.8, 4) is 5.75 Å². The summed E-state index contributed by atoms with van der Waals surface area (Å²) in [6.45, 7) is 0.0449. The van der Waals surface area contributed by atoms with Crippen molar-refractivity contribution in [3.63, 3.8) is 0 Å². The second kappa shape index (κ2) is 6.58. The summed E-state index contributed by atoms with van der Waals surface area (Å²) in [5, 5.41) is 21.3. The van der Waals surface area contributed by atoms with Gasteiger partial charge in [-0.2, -0.15) is 4.57 Å². The van der Waals surface area contributed by atoms with Crippen LogP contribution in [0.2, 0.25) is 0 Å². The predicted molar refractivity (Wildman–Crippen MR) is 103 cm³/mol. The van der Waals surface area contributed by atoms with E-state index in [-0.39, 0.29) is 12.4 Å². The van der Waals surface area contributed by atoms with Crippen LogP contribution in [0, 0.1) is 0 Å². The van der Waals surface area contributed by atoms with Crippen molar-refractivity contribution in [3.05, 3.63) is 77.6 Å². The molecule has 2 N–H and O–H groups in total. The summed E-state index contributed by atoms with van der Waals surface area (Å²) in [6.07, 6.45) is 5.80. The molecule has 2 heterocycles. The Hall–Kier alpha value is -3.24. The Labute approximate surface area is 151 Å². The second-order valence-corrected chi connectivity index (χ2v) is 6.28. The molecule has 0 saturated carbocycles. The van der Waals surface area contributed by atoms with Gasteiger partial charge in [-0.15, -0.1) is 0 Å². The van der Waals surface area contributed by atoms with Crippen molar-refractivity contribution in [2.75, 3.05) is 0 Å². The summed E-state index contributed by atoms with van der Waals surface area (Å²) in [5.41, 5.74) is 4.67. The maximum Gasteiger partial charge on any atom is 0.212 e. The summed E-state index contributed by atoms with van der Waals surface area (Å²) < 4.78 is 2.12.